The molecule has 26 heavy (non-hydrogen) atoms. The summed E-state index contributed by atoms with van der Waals surface area (Å²) in [4.78, 5) is 4.30. The Morgan fingerprint density at radius 2 is 2.00 bits per heavy atom. The van der Waals surface area contributed by atoms with E-state index in [-0.39, 0.29) is 18.3 Å². The lowest BCUT2D eigenvalue weighted by molar-refractivity contribution is 0.405. The van der Waals surface area contributed by atoms with Crippen molar-refractivity contribution in [2.75, 3.05) is 19.5 Å². The van der Waals surface area contributed by atoms with Crippen LogP contribution >= 0.6 is 0 Å². The number of fused-ring (bicyclic) bond motifs is 1. The highest BCUT2D eigenvalue weighted by Gasteiger charge is 2.11. The molecular formula is C19H20FN3O3. The number of guanidine groups is 1. The van der Waals surface area contributed by atoms with Crippen molar-refractivity contribution in [2.45, 2.75) is 13.5 Å². The van der Waals surface area contributed by atoms with Gasteiger partial charge in [0.25, 0.3) is 0 Å². The fourth-order valence-electron chi connectivity index (χ4n) is 2.64. The van der Waals surface area contributed by atoms with Crippen molar-refractivity contribution in [3.8, 4) is 11.5 Å². The first-order chi connectivity index (χ1) is 12.5. The molecule has 3 N–H and O–H groups in total. The lowest BCUT2D eigenvalue weighted by Crippen LogP contribution is -2.23. The minimum absolute atomic E-state index is 0.197. The summed E-state index contributed by atoms with van der Waals surface area (Å²) in [7, 11) is 3.15. The number of hydrogen-bond donors (Lipinski definition) is 2. The summed E-state index contributed by atoms with van der Waals surface area (Å²) in [6.45, 7) is 2.10. The molecule has 136 valence electrons. The molecule has 0 amide bonds. The van der Waals surface area contributed by atoms with Crippen molar-refractivity contribution in [1.29, 1.82) is 0 Å². The van der Waals surface area contributed by atoms with Crippen molar-refractivity contribution in [1.82, 2.24) is 0 Å². The van der Waals surface area contributed by atoms with Gasteiger partial charge in [-0.1, -0.05) is 0 Å². The van der Waals surface area contributed by atoms with Crippen LogP contribution in [-0.4, -0.2) is 20.2 Å². The Kier molecular flexibility index (Phi) is 4.97. The zero-order valence-electron chi connectivity index (χ0n) is 14.8. The minimum atomic E-state index is -0.303. The largest absolute Gasteiger partial charge is 0.497 e. The highest BCUT2D eigenvalue weighted by molar-refractivity contribution is 5.94. The van der Waals surface area contributed by atoms with Crippen LogP contribution in [0.15, 0.2) is 45.8 Å². The fourth-order valence-corrected chi connectivity index (χ4v) is 2.64. The maximum absolute atomic E-state index is 13.4. The quantitative estimate of drug-likeness (QED) is 0.536. The van der Waals surface area contributed by atoms with Crippen LogP contribution in [0.3, 0.4) is 0 Å². The molecule has 0 fully saturated rings. The minimum Gasteiger partial charge on any atom is -0.497 e. The van der Waals surface area contributed by atoms with Gasteiger partial charge in [0.1, 0.15) is 35.2 Å². The van der Waals surface area contributed by atoms with Gasteiger partial charge in [-0.3, -0.25) is 0 Å². The molecule has 0 unspecified atom stereocenters. The maximum Gasteiger partial charge on any atom is 0.193 e. The van der Waals surface area contributed by atoms with Gasteiger partial charge in [0.15, 0.2) is 5.96 Å². The lowest BCUT2D eigenvalue weighted by atomic mass is 10.1. The lowest BCUT2D eigenvalue weighted by Gasteiger charge is -2.12. The van der Waals surface area contributed by atoms with Crippen molar-refractivity contribution in [2.24, 2.45) is 10.7 Å². The molecule has 0 spiro atoms. The summed E-state index contributed by atoms with van der Waals surface area (Å²) in [6, 6.07) is 9.73. The summed E-state index contributed by atoms with van der Waals surface area (Å²) < 4.78 is 29.6. The molecule has 0 atom stereocenters. The Balaban J connectivity index is 1.80. The number of hydrogen-bond acceptors (Lipinski definition) is 4. The third-order valence-corrected chi connectivity index (χ3v) is 4.06. The monoisotopic (exact) mass is 357 g/mol. The highest BCUT2D eigenvalue weighted by Crippen LogP contribution is 2.29. The van der Waals surface area contributed by atoms with Gasteiger partial charge < -0.3 is 24.9 Å². The number of nitrogens with two attached hydrogens (primary N) is 1. The van der Waals surface area contributed by atoms with Gasteiger partial charge >= 0.3 is 0 Å². The molecule has 0 saturated heterocycles. The molecule has 1 aromatic heterocycles. The molecule has 1 heterocycles. The van der Waals surface area contributed by atoms with Crippen molar-refractivity contribution >= 4 is 22.6 Å². The molecule has 0 aliphatic carbocycles. The fraction of sp³-hybridized carbons (Fsp3) is 0.211. The number of aryl methyl sites for hydroxylation is 1. The molecule has 6 nitrogen and oxygen atoms in total. The van der Waals surface area contributed by atoms with Gasteiger partial charge in [0, 0.05) is 17.0 Å². The van der Waals surface area contributed by atoms with E-state index in [1.165, 1.54) is 12.1 Å². The second-order valence-corrected chi connectivity index (χ2v) is 5.68. The van der Waals surface area contributed by atoms with Crippen LogP contribution in [0.25, 0.3) is 11.0 Å². The number of nitrogens with zero attached hydrogens (tertiary/aromatic N) is 1. The summed E-state index contributed by atoms with van der Waals surface area (Å²) in [5.74, 6) is 1.80. The zero-order valence-corrected chi connectivity index (χ0v) is 14.8. The first-order valence-electron chi connectivity index (χ1n) is 7.98. The third-order valence-electron chi connectivity index (χ3n) is 4.06. The first kappa shape index (κ1) is 17.6. The van der Waals surface area contributed by atoms with Crippen LogP contribution in [0.5, 0.6) is 11.5 Å². The smallest absolute Gasteiger partial charge is 0.193 e. The Morgan fingerprint density at radius 3 is 2.73 bits per heavy atom. The summed E-state index contributed by atoms with van der Waals surface area (Å²) in [5, 5.41) is 3.72. The summed E-state index contributed by atoms with van der Waals surface area (Å²) in [6.07, 6.45) is 0. The number of anilines is 1. The molecule has 0 aliphatic rings. The van der Waals surface area contributed by atoms with E-state index in [1.807, 2.05) is 6.92 Å². The van der Waals surface area contributed by atoms with E-state index < -0.39 is 0 Å². The Hall–Kier alpha value is -3.22. The van der Waals surface area contributed by atoms with E-state index >= 15 is 0 Å². The molecule has 0 bridgehead atoms. The number of methoxy groups -OCH3 is 2. The topological polar surface area (TPSA) is 82.0 Å². The predicted octanol–water partition coefficient (Wildman–Crippen LogP) is 3.82. The number of rotatable bonds is 5. The Bertz CT molecular complexity index is 966. The number of halogens is 1. The van der Waals surface area contributed by atoms with Crippen molar-refractivity contribution in [3.05, 3.63) is 53.5 Å². The van der Waals surface area contributed by atoms with Gasteiger partial charge in [0.05, 0.1) is 19.9 Å². The number of nitrogens with one attached hydrogen (secondary N) is 1. The Labute approximate surface area is 150 Å². The van der Waals surface area contributed by atoms with E-state index in [0.29, 0.717) is 28.5 Å². The standard InChI is InChI=1S/C19H20FN3O3/c1-11-14-8-12(20)4-6-16(14)26-18(11)10-22-19(21)23-15-9-13(24-2)5-7-17(15)25-3/h4-9H,10H2,1-3H3,(H3,21,22,23). The molecule has 0 saturated carbocycles. The predicted molar refractivity (Wildman–Crippen MR) is 99.4 cm³/mol. The SMILES string of the molecule is COc1ccc(OC)c(NC(N)=NCc2oc3ccc(F)cc3c2C)c1. The van der Waals surface area contributed by atoms with Gasteiger partial charge in [-0.2, -0.15) is 0 Å². The second kappa shape index (κ2) is 7.35. The van der Waals surface area contributed by atoms with Crippen molar-refractivity contribution < 1.29 is 18.3 Å². The highest BCUT2D eigenvalue weighted by atomic mass is 19.1. The van der Waals surface area contributed by atoms with E-state index in [1.54, 1.807) is 38.5 Å². The number of furan rings is 1. The van der Waals surface area contributed by atoms with Crippen LogP contribution in [0.4, 0.5) is 10.1 Å². The number of benzene rings is 2. The third kappa shape index (κ3) is 3.56. The number of aliphatic imine (C=N–C) groups is 1. The molecule has 3 aromatic rings. The van der Waals surface area contributed by atoms with Gasteiger partial charge in [-0.25, -0.2) is 9.38 Å². The average Bonchev–Trinajstić information content (AvgIpc) is 2.95. The van der Waals surface area contributed by atoms with E-state index in [4.69, 9.17) is 19.6 Å². The normalized spacial score (nSPS) is 11.6. The van der Waals surface area contributed by atoms with Crippen LogP contribution in [0, 0.1) is 12.7 Å². The molecule has 7 heteroatoms. The summed E-state index contributed by atoms with van der Waals surface area (Å²) >= 11 is 0. The van der Waals surface area contributed by atoms with Crippen molar-refractivity contribution in [3.63, 3.8) is 0 Å². The average molecular weight is 357 g/mol. The van der Waals surface area contributed by atoms with Crippen LogP contribution in [0.1, 0.15) is 11.3 Å². The first-order valence-corrected chi connectivity index (χ1v) is 7.98. The van der Waals surface area contributed by atoms with E-state index in [9.17, 15) is 4.39 Å². The molecule has 3 rings (SSSR count). The molecule has 2 aromatic carbocycles. The molecule has 0 aliphatic heterocycles. The van der Waals surface area contributed by atoms with E-state index in [0.717, 1.165) is 10.9 Å². The molecular weight excluding hydrogens is 337 g/mol. The van der Waals surface area contributed by atoms with Gasteiger partial charge in [-0.15, -0.1) is 0 Å². The Morgan fingerprint density at radius 1 is 1.19 bits per heavy atom. The van der Waals surface area contributed by atoms with Gasteiger partial charge in [0.2, 0.25) is 0 Å². The van der Waals surface area contributed by atoms with Gasteiger partial charge in [-0.05, 0) is 37.3 Å². The van der Waals surface area contributed by atoms with Crippen LogP contribution in [-0.2, 0) is 6.54 Å². The second-order valence-electron chi connectivity index (χ2n) is 5.68. The summed E-state index contributed by atoms with van der Waals surface area (Å²) in [5.41, 5.74) is 8.08. The molecule has 0 radical (unpaired) electrons. The van der Waals surface area contributed by atoms with Crippen LogP contribution in [0.2, 0.25) is 0 Å². The number of ether oxygens (including phenoxy) is 2. The maximum atomic E-state index is 13.4. The van der Waals surface area contributed by atoms with Crippen LogP contribution < -0.4 is 20.5 Å². The van der Waals surface area contributed by atoms with E-state index in [2.05, 4.69) is 10.3 Å². The zero-order chi connectivity index (χ0) is 18.7.